The van der Waals surface area contributed by atoms with Crippen LogP contribution in [0.2, 0.25) is 0 Å². The Balaban J connectivity index is 1.25. The number of nitrogen functional groups attached to an aromatic ring is 1. The molecule has 42 heavy (non-hydrogen) atoms. The van der Waals surface area contributed by atoms with Crippen molar-refractivity contribution in [2.45, 2.75) is 57.7 Å². The molecule has 9 nitrogen and oxygen atoms in total. The highest BCUT2D eigenvalue weighted by atomic mass is 19.1. The number of rotatable bonds is 2. The second-order valence-corrected chi connectivity index (χ2v) is 12.2. The van der Waals surface area contributed by atoms with Gasteiger partial charge in [-0.1, -0.05) is 18.2 Å². The van der Waals surface area contributed by atoms with Gasteiger partial charge in [0.1, 0.15) is 22.8 Å². The maximum Gasteiger partial charge on any atom is 0.410 e. The number of halogens is 1. The Morgan fingerprint density at radius 3 is 2.48 bits per heavy atom. The first kappa shape index (κ1) is 27.7. The zero-order chi connectivity index (χ0) is 29.8. The zero-order valence-electron chi connectivity index (χ0n) is 23.9. The number of piperidine rings is 1. The van der Waals surface area contributed by atoms with E-state index in [9.17, 15) is 14.4 Å². The van der Waals surface area contributed by atoms with Gasteiger partial charge in [0.15, 0.2) is 5.78 Å². The lowest BCUT2D eigenvalue weighted by molar-refractivity contribution is -0.0226. The Morgan fingerprint density at radius 2 is 1.74 bits per heavy atom. The summed E-state index contributed by atoms with van der Waals surface area (Å²) in [6, 6.07) is 12.1. The third-order valence-corrected chi connectivity index (χ3v) is 8.07. The largest absolute Gasteiger partial charge is 0.486 e. The molecule has 1 saturated heterocycles. The molecular formula is C32H33FN4O5. The molecule has 4 heterocycles. The van der Waals surface area contributed by atoms with Gasteiger partial charge < -0.3 is 25.4 Å². The summed E-state index contributed by atoms with van der Waals surface area (Å²) in [6.45, 7) is 6.88. The van der Waals surface area contributed by atoms with Crippen LogP contribution < -0.4 is 15.8 Å². The van der Waals surface area contributed by atoms with E-state index < -0.39 is 17.1 Å². The minimum absolute atomic E-state index is 0.0356. The number of anilines is 1. The van der Waals surface area contributed by atoms with Crippen molar-refractivity contribution < 1.29 is 28.2 Å². The van der Waals surface area contributed by atoms with Crippen molar-refractivity contribution in [2.24, 2.45) is 0 Å². The van der Waals surface area contributed by atoms with Gasteiger partial charge in [-0.2, -0.15) is 4.39 Å². The van der Waals surface area contributed by atoms with Crippen LogP contribution >= 0.6 is 0 Å². The lowest BCUT2D eigenvalue weighted by Crippen LogP contribution is -2.52. The smallest absolute Gasteiger partial charge is 0.410 e. The van der Waals surface area contributed by atoms with Crippen molar-refractivity contribution in [2.75, 3.05) is 25.4 Å². The van der Waals surface area contributed by atoms with Gasteiger partial charge in [0.05, 0.1) is 12.0 Å². The first-order chi connectivity index (χ1) is 19.9. The van der Waals surface area contributed by atoms with E-state index in [1.165, 1.54) is 0 Å². The van der Waals surface area contributed by atoms with Crippen molar-refractivity contribution in [3.63, 3.8) is 0 Å². The number of ketones is 1. The molecule has 2 aromatic carbocycles. The highest BCUT2D eigenvalue weighted by Gasteiger charge is 2.44. The number of amides is 2. The molecule has 6 rings (SSSR count). The number of carbonyl (C=O) groups is 3. The average molecular weight is 573 g/mol. The lowest BCUT2D eigenvalue weighted by Gasteiger charge is -2.44. The van der Waals surface area contributed by atoms with Gasteiger partial charge in [0.2, 0.25) is 5.95 Å². The van der Waals surface area contributed by atoms with Crippen LogP contribution in [0.25, 0.3) is 22.3 Å². The number of carbonyl (C=O) groups excluding carboxylic acids is 3. The third-order valence-electron chi connectivity index (χ3n) is 8.07. The van der Waals surface area contributed by atoms with Crippen LogP contribution in [0, 0.1) is 5.95 Å². The Bertz CT molecular complexity index is 1620. The Kier molecular flexibility index (Phi) is 6.67. The van der Waals surface area contributed by atoms with Crippen molar-refractivity contribution in [3.8, 4) is 28.0 Å². The van der Waals surface area contributed by atoms with E-state index in [2.05, 4.69) is 10.3 Å². The second-order valence-electron chi connectivity index (χ2n) is 12.2. The molecule has 0 atom stereocenters. The molecule has 0 aliphatic carbocycles. The van der Waals surface area contributed by atoms with E-state index in [1.54, 1.807) is 41.3 Å². The molecule has 0 bridgehead atoms. The third kappa shape index (κ3) is 5.17. The predicted octanol–water partition coefficient (Wildman–Crippen LogP) is 5.16. The first-order valence-corrected chi connectivity index (χ1v) is 14.1. The van der Waals surface area contributed by atoms with Crippen LogP contribution in [0.15, 0.2) is 42.5 Å². The minimum Gasteiger partial charge on any atom is -0.486 e. The zero-order valence-corrected chi connectivity index (χ0v) is 23.9. The average Bonchev–Trinajstić information content (AvgIpc) is 2.92. The van der Waals surface area contributed by atoms with Crippen LogP contribution in [0.3, 0.4) is 0 Å². The Morgan fingerprint density at radius 1 is 1.02 bits per heavy atom. The molecule has 0 radical (unpaired) electrons. The number of hydrogen-bond donors (Lipinski definition) is 2. The number of benzene rings is 2. The summed E-state index contributed by atoms with van der Waals surface area (Å²) in [7, 11) is 0. The molecule has 3 N–H and O–H groups in total. The summed E-state index contributed by atoms with van der Waals surface area (Å²) < 4.78 is 27.1. The van der Waals surface area contributed by atoms with E-state index in [-0.39, 0.29) is 35.6 Å². The number of nitrogens with one attached hydrogen (secondary N) is 1. The number of nitrogens with two attached hydrogens (primary N) is 1. The number of ether oxygens (including phenoxy) is 2. The molecule has 3 aliphatic heterocycles. The molecule has 10 heteroatoms. The van der Waals surface area contributed by atoms with Crippen LogP contribution in [0.5, 0.6) is 5.75 Å². The number of nitrogens with zero attached hydrogens (tertiary/aromatic N) is 2. The van der Waals surface area contributed by atoms with Gasteiger partial charge in [-0.05, 0) is 68.1 Å². The number of pyridine rings is 1. The fourth-order valence-corrected chi connectivity index (χ4v) is 5.90. The Hall–Kier alpha value is -4.47. The van der Waals surface area contributed by atoms with Crippen molar-refractivity contribution >= 4 is 23.6 Å². The van der Waals surface area contributed by atoms with E-state index in [4.69, 9.17) is 15.2 Å². The van der Waals surface area contributed by atoms with Crippen molar-refractivity contribution in [1.82, 2.24) is 15.2 Å². The molecule has 3 aromatic rings. The lowest BCUT2D eigenvalue weighted by atomic mass is 9.82. The summed E-state index contributed by atoms with van der Waals surface area (Å²) in [5.41, 5.74) is 8.69. The van der Waals surface area contributed by atoms with Gasteiger partial charge in [-0.25, -0.2) is 9.78 Å². The predicted molar refractivity (Wildman–Crippen MR) is 155 cm³/mol. The van der Waals surface area contributed by atoms with Crippen LogP contribution in [0.4, 0.5) is 15.0 Å². The summed E-state index contributed by atoms with van der Waals surface area (Å²) >= 11 is 0. The molecule has 0 saturated carbocycles. The fraction of sp³-hybridized carbons (Fsp3) is 0.375. The topological polar surface area (TPSA) is 124 Å². The number of aromatic nitrogens is 1. The van der Waals surface area contributed by atoms with E-state index in [0.717, 1.165) is 11.1 Å². The number of hydrogen-bond acceptors (Lipinski definition) is 7. The summed E-state index contributed by atoms with van der Waals surface area (Å²) in [4.78, 5) is 43.7. The maximum absolute atomic E-state index is 15.2. The van der Waals surface area contributed by atoms with Crippen LogP contribution in [-0.4, -0.2) is 58.5 Å². The van der Waals surface area contributed by atoms with Crippen molar-refractivity contribution in [3.05, 3.63) is 65.1 Å². The molecule has 1 aromatic heterocycles. The van der Waals surface area contributed by atoms with Crippen LogP contribution in [0.1, 0.15) is 66.3 Å². The van der Waals surface area contributed by atoms with E-state index >= 15 is 4.39 Å². The molecule has 218 valence electrons. The minimum atomic E-state index is -0.747. The monoisotopic (exact) mass is 572 g/mol. The normalized spacial score (nSPS) is 17.7. The first-order valence-electron chi connectivity index (χ1n) is 14.1. The van der Waals surface area contributed by atoms with Gasteiger partial charge >= 0.3 is 6.09 Å². The molecule has 1 fully saturated rings. The van der Waals surface area contributed by atoms with Gasteiger partial charge in [0, 0.05) is 49.2 Å². The molecular weight excluding hydrogens is 539 g/mol. The van der Waals surface area contributed by atoms with E-state index in [1.807, 2.05) is 26.8 Å². The van der Waals surface area contributed by atoms with Crippen molar-refractivity contribution in [1.29, 1.82) is 0 Å². The molecule has 1 spiro atoms. The van der Waals surface area contributed by atoms with Gasteiger partial charge in [0.25, 0.3) is 5.91 Å². The molecule has 3 aliphatic rings. The Labute approximate surface area is 243 Å². The van der Waals surface area contributed by atoms with Crippen LogP contribution in [-0.2, 0) is 11.2 Å². The van der Waals surface area contributed by atoms with Gasteiger partial charge in [-0.15, -0.1) is 0 Å². The highest BCUT2D eigenvalue weighted by Crippen LogP contribution is 2.42. The standard InChI is InChI=1S/C32H33FN4O5/c1-31(2,3)42-30(40)37-12-9-32(10-13-37)17-25(38)24-15-19(5-7-26(24)41-32)22-16-23(28(34)36-27(22)33)18-4-6-21-20(14-18)8-11-35-29(21)39/h4-7,14-16H,8-13,17H2,1-3H3,(H2,34,36)(H,35,39). The second kappa shape index (κ2) is 10.1. The number of fused-ring (bicyclic) bond motifs is 2. The summed E-state index contributed by atoms with van der Waals surface area (Å²) in [5, 5.41) is 2.82. The summed E-state index contributed by atoms with van der Waals surface area (Å²) in [6.07, 6.45) is 1.48. The van der Waals surface area contributed by atoms with Gasteiger partial charge in [-0.3, -0.25) is 9.59 Å². The molecule has 2 amide bonds. The number of likely N-dealkylation sites (tertiary alicyclic amines) is 1. The quantitative estimate of drug-likeness (QED) is 0.407. The SMILES string of the molecule is CC(C)(C)OC(=O)N1CCC2(CC1)CC(=O)c1cc(-c3cc(-c4ccc5c(c4)CCNC5=O)c(N)nc3F)ccc1O2. The number of Topliss-reactive ketones (excluding diaryl/α,β-unsaturated/α-hetero) is 1. The van der Waals surface area contributed by atoms with E-state index in [0.29, 0.717) is 66.9 Å². The fourth-order valence-electron chi connectivity index (χ4n) is 5.90. The maximum atomic E-state index is 15.2. The molecule has 0 unspecified atom stereocenters. The highest BCUT2D eigenvalue weighted by molar-refractivity contribution is 6.02. The summed E-state index contributed by atoms with van der Waals surface area (Å²) in [5.74, 6) is -0.485.